The van der Waals surface area contributed by atoms with Crippen LogP contribution in [-0.4, -0.2) is 53.8 Å². The molecule has 116 valence electrons. The summed E-state index contributed by atoms with van der Waals surface area (Å²) < 4.78 is 5.41. The smallest absolute Gasteiger partial charge is 0.410 e. The van der Waals surface area contributed by atoms with E-state index in [1.54, 1.807) is 0 Å². The number of aliphatic carboxylic acids is 1. The highest BCUT2D eigenvalue weighted by molar-refractivity contribution is 5.68. The van der Waals surface area contributed by atoms with Gasteiger partial charge in [0.2, 0.25) is 0 Å². The number of ether oxygens (including phenoxy) is 1. The highest BCUT2D eigenvalue weighted by atomic mass is 16.6. The number of carboxylic acids is 1. The first-order valence-corrected chi connectivity index (χ1v) is 7.02. The van der Waals surface area contributed by atoms with Crippen LogP contribution in [0.2, 0.25) is 0 Å². The van der Waals surface area contributed by atoms with E-state index >= 15 is 0 Å². The summed E-state index contributed by atoms with van der Waals surface area (Å²) in [6.45, 7) is 10.6. The summed E-state index contributed by atoms with van der Waals surface area (Å²) in [5.41, 5.74) is -0.0469. The van der Waals surface area contributed by atoms with Crippen LogP contribution >= 0.6 is 0 Å². The lowest BCUT2D eigenvalue weighted by atomic mass is 9.75. The van der Waals surface area contributed by atoms with Crippen LogP contribution in [-0.2, 0) is 9.53 Å². The Morgan fingerprint density at radius 1 is 1.30 bits per heavy atom. The van der Waals surface area contributed by atoms with Crippen LogP contribution < -0.4 is 5.32 Å². The second-order valence-electron chi connectivity index (χ2n) is 6.63. The number of nitrogens with one attached hydrogen (secondary N) is 1. The van der Waals surface area contributed by atoms with E-state index in [0.29, 0.717) is 5.41 Å². The second-order valence-corrected chi connectivity index (χ2v) is 6.63. The molecule has 6 heteroatoms. The molecule has 0 aromatic carbocycles. The highest BCUT2D eigenvalue weighted by Gasteiger charge is 2.42. The molecule has 0 aliphatic carbocycles. The number of carboxylic acid groups (broad SMARTS) is 1. The minimum absolute atomic E-state index is 0.154. The van der Waals surface area contributed by atoms with Gasteiger partial charge in [-0.25, -0.2) is 4.79 Å². The second kappa shape index (κ2) is 6.43. The van der Waals surface area contributed by atoms with Gasteiger partial charge in [-0.1, -0.05) is 0 Å². The monoisotopic (exact) mass is 286 g/mol. The van der Waals surface area contributed by atoms with Gasteiger partial charge in [0.15, 0.2) is 0 Å². The maximum Gasteiger partial charge on any atom is 0.410 e. The van der Waals surface area contributed by atoms with Gasteiger partial charge >= 0.3 is 6.09 Å². The van der Waals surface area contributed by atoms with Gasteiger partial charge in [-0.05, 0) is 33.6 Å². The average molecular weight is 286 g/mol. The van der Waals surface area contributed by atoms with Gasteiger partial charge in [0.05, 0.1) is 0 Å². The number of rotatable bonds is 0. The molecule has 2 saturated heterocycles. The lowest BCUT2D eigenvalue weighted by Gasteiger charge is -2.49. The minimum Gasteiger partial charge on any atom is -0.481 e. The molecule has 2 rings (SSSR count). The predicted molar refractivity (Wildman–Crippen MR) is 75.7 cm³/mol. The van der Waals surface area contributed by atoms with E-state index in [9.17, 15) is 4.79 Å². The predicted octanol–water partition coefficient (Wildman–Crippen LogP) is 1.70. The van der Waals surface area contributed by atoms with E-state index in [2.05, 4.69) is 5.32 Å². The van der Waals surface area contributed by atoms with Crippen molar-refractivity contribution in [2.75, 3.05) is 26.2 Å². The number of amides is 1. The van der Waals surface area contributed by atoms with E-state index < -0.39 is 5.97 Å². The van der Waals surface area contributed by atoms with Gasteiger partial charge in [-0.15, -0.1) is 0 Å². The molecule has 1 amide bonds. The van der Waals surface area contributed by atoms with Gasteiger partial charge in [-0.2, -0.15) is 0 Å². The molecular formula is C14H26N2O4. The fourth-order valence-corrected chi connectivity index (χ4v) is 2.46. The maximum atomic E-state index is 11.9. The molecule has 0 bridgehead atoms. The zero-order valence-electron chi connectivity index (χ0n) is 12.9. The summed E-state index contributed by atoms with van der Waals surface area (Å²) in [6, 6.07) is 0. The summed E-state index contributed by atoms with van der Waals surface area (Å²) in [6.07, 6.45) is 2.18. The van der Waals surface area contributed by atoms with E-state index in [-0.39, 0.29) is 11.7 Å². The molecule has 0 aromatic rings. The molecule has 0 atom stereocenters. The summed E-state index contributed by atoms with van der Waals surface area (Å²) in [7, 11) is 0. The van der Waals surface area contributed by atoms with Crippen LogP contribution in [0.15, 0.2) is 0 Å². The zero-order chi connectivity index (χ0) is 15.4. The van der Waals surface area contributed by atoms with Crippen LogP contribution in [0.5, 0.6) is 0 Å². The number of hydrogen-bond donors (Lipinski definition) is 2. The van der Waals surface area contributed by atoms with Crippen molar-refractivity contribution < 1.29 is 19.4 Å². The maximum absolute atomic E-state index is 11.9. The Morgan fingerprint density at radius 3 is 2.25 bits per heavy atom. The molecule has 1 spiro atoms. The van der Waals surface area contributed by atoms with Crippen LogP contribution in [0.1, 0.15) is 40.5 Å². The molecule has 0 saturated carbocycles. The van der Waals surface area contributed by atoms with Gasteiger partial charge in [0.25, 0.3) is 5.97 Å². The third kappa shape index (κ3) is 5.36. The van der Waals surface area contributed by atoms with Gasteiger partial charge < -0.3 is 20.1 Å². The molecule has 2 aliphatic rings. The zero-order valence-corrected chi connectivity index (χ0v) is 12.9. The van der Waals surface area contributed by atoms with Crippen LogP contribution in [0.4, 0.5) is 4.79 Å². The fourth-order valence-electron chi connectivity index (χ4n) is 2.46. The third-order valence-corrected chi connectivity index (χ3v) is 3.31. The van der Waals surface area contributed by atoms with Crippen molar-refractivity contribution in [1.29, 1.82) is 0 Å². The molecule has 2 heterocycles. The SMILES string of the molecule is CC(=O)O.CC(C)(C)OC(=O)N1CCCC2(CNC2)C1. The fraction of sp³-hybridized carbons (Fsp3) is 0.857. The summed E-state index contributed by atoms with van der Waals surface area (Å²) >= 11 is 0. The molecule has 0 radical (unpaired) electrons. The van der Waals surface area contributed by atoms with Crippen molar-refractivity contribution in [2.24, 2.45) is 5.41 Å². The quantitative estimate of drug-likeness (QED) is 0.708. The lowest BCUT2D eigenvalue weighted by molar-refractivity contribution is -0.134. The molecule has 2 fully saturated rings. The summed E-state index contributed by atoms with van der Waals surface area (Å²) in [5, 5.41) is 10.7. The Kier molecular flexibility index (Phi) is 5.39. The molecule has 20 heavy (non-hydrogen) atoms. The minimum atomic E-state index is -0.833. The van der Waals surface area contributed by atoms with Crippen molar-refractivity contribution in [3.05, 3.63) is 0 Å². The standard InChI is InChI=1S/C12H22N2O2.C2H4O2/c1-11(2,3)16-10(15)14-6-4-5-12(9-14)7-13-8-12;1-2(3)4/h13H,4-9H2,1-3H3;1H3,(H,3,4). The number of hydrogen-bond acceptors (Lipinski definition) is 4. The molecular weight excluding hydrogens is 260 g/mol. The number of likely N-dealkylation sites (tertiary alicyclic amines) is 1. The van der Waals surface area contributed by atoms with Gasteiger partial charge in [0.1, 0.15) is 5.60 Å². The van der Waals surface area contributed by atoms with E-state index in [1.807, 2.05) is 25.7 Å². The Hall–Kier alpha value is -1.30. The molecule has 6 nitrogen and oxygen atoms in total. The number of carbonyl (C=O) groups is 2. The van der Waals surface area contributed by atoms with E-state index in [1.165, 1.54) is 6.42 Å². The molecule has 0 aromatic heterocycles. The summed E-state index contributed by atoms with van der Waals surface area (Å²) in [4.78, 5) is 22.8. The van der Waals surface area contributed by atoms with E-state index in [4.69, 9.17) is 14.6 Å². The first-order chi connectivity index (χ1) is 9.14. The van der Waals surface area contributed by atoms with Crippen molar-refractivity contribution >= 4 is 12.1 Å². The molecule has 0 unspecified atom stereocenters. The van der Waals surface area contributed by atoms with Crippen molar-refractivity contribution in [3.63, 3.8) is 0 Å². The van der Waals surface area contributed by atoms with Crippen LogP contribution in [0, 0.1) is 5.41 Å². The Bertz CT molecular complexity index is 355. The highest BCUT2D eigenvalue weighted by Crippen LogP contribution is 2.33. The Labute approximate surface area is 120 Å². The van der Waals surface area contributed by atoms with Gasteiger partial charge in [0, 0.05) is 38.5 Å². The molecule has 2 N–H and O–H groups in total. The largest absolute Gasteiger partial charge is 0.481 e. The van der Waals surface area contributed by atoms with Crippen molar-refractivity contribution in [1.82, 2.24) is 10.2 Å². The third-order valence-electron chi connectivity index (χ3n) is 3.31. The van der Waals surface area contributed by atoms with Crippen molar-refractivity contribution in [3.8, 4) is 0 Å². The Balaban J connectivity index is 0.000000444. The Morgan fingerprint density at radius 2 is 1.85 bits per heavy atom. The summed E-state index contributed by atoms with van der Waals surface area (Å²) in [5.74, 6) is -0.833. The average Bonchev–Trinajstić information content (AvgIpc) is 2.24. The van der Waals surface area contributed by atoms with Crippen LogP contribution in [0.25, 0.3) is 0 Å². The van der Waals surface area contributed by atoms with Crippen LogP contribution in [0.3, 0.4) is 0 Å². The topological polar surface area (TPSA) is 78.9 Å². The molecule has 2 aliphatic heterocycles. The first-order valence-electron chi connectivity index (χ1n) is 7.02. The van der Waals surface area contributed by atoms with Gasteiger partial charge in [-0.3, -0.25) is 4.79 Å². The first kappa shape index (κ1) is 16.8. The lowest BCUT2D eigenvalue weighted by Crippen LogP contribution is -2.62. The van der Waals surface area contributed by atoms with Crippen molar-refractivity contribution in [2.45, 2.75) is 46.1 Å². The number of carbonyl (C=O) groups excluding carboxylic acids is 1. The number of nitrogens with zero attached hydrogens (tertiary/aromatic N) is 1. The van der Waals surface area contributed by atoms with E-state index in [0.717, 1.165) is 39.5 Å². The normalized spacial score (nSPS) is 20.5. The number of piperidine rings is 1.